The average Bonchev–Trinajstić information content (AvgIpc) is 2.50. The van der Waals surface area contributed by atoms with Crippen molar-refractivity contribution in [3.63, 3.8) is 0 Å². The first-order valence-electron chi connectivity index (χ1n) is 7.49. The number of hydrogen-bond donors (Lipinski definition) is 2. The molecule has 0 aliphatic heterocycles. The monoisotopic (exact) mass is 334 g/mol. The van der Waals surface area contributed by atoms with E-state index in [0.717, 1.165) is 11.6 Å². The minimum Gasteiger partial charge on any atom is -0.356 e. The van der Waals surface area contributed by atoms with Crippen LogP contribution < -0.4 is 10.6 Å². The molecule has 23 heavy (non-hydrogen) atoms. The summed E-state index contributed by atoms with van der Waals surface area (Å²) in [7, 11) is 0. The molecule has 0 spiro atoms. The first kappa shape index (κ1) is 17.3. The zero-order valence-electron chi connectivity index (χ0n) is 13.4. The molecule has 0 fully saturated rings. The van der Waals surface area contributed by atoms with E-state index in [4.69, 9.17) is 12.2 Å². The van der Waals surface area contributed by atoms with E-state index in [0.29, 0.717) is 5.92 Å². The fourth-order valence-corrected chi connectivity index (χ4v) is 2.49. The van der Waals surface area contributed by atoms with Gasteiger partial charge in [0.25, 0.3) is 0 Å². The minimum absolute atomic E-state index is 0.0280. The normalized spacial score (nSPS) is 12.1. The third-order valence-electron chi connectivity index (χ3n) is 3.63. The van der Waals surface area contributed by atoms with Crippen molar-refractivity contribution < 1.29 is 8.78 Å². The largest absolute Gasteiger partial charge is 0.356 e. The highest BCUT2D eigenvalue weighted by atomic mass is 32.1. The van der Waals surface area contributed by atoms with E-state index in [-0.39, 0.29) is 16.8 Å². The molecule has 0 saturated heterocycles. The van der Waals surface area contributed by atoms with Gasteiger partial charge in [-0.3, -0.25) is 0 Å². The van der Waals surface area contributed by atoms with E-state index in [2.05, 4.69) is 36.6 Å². The predicted octanol–water partition coefficient (Wildman–Crippen LogP) is 5.14. The van der Waals surface area contributed by atoms with Gasteiger partial charge in [0, 0.05) is 6.07 Å². The van der Waals surface area contributed by atoms with E-state index >= 15 is 0 Å². The van der Waals surface area contributed by atoms with Crippen LogP contribution in [-0.4, -0.2) is 5.11 Å². The first-order chi connectivity index (χ1) is 10.9. The molecule has 1 atom stereocenters. The second-order valence-electron chi connectivity index (χ2n) is 5.77. The molecule has 0 saturated carbocycles. The van der Waals surface area contributed by atoms with Gasteiger partial charge in [0.05, 0.1) is 11.7 Å². The zero-order valence-corrected chi connectivity index (χ0v) is 14.2. The van der Waals surface area contributed by atoms with Crippen LogP contribution in [0.15, 0.2) is 42.5 Å². The Bertz CT molecular complexity index is 684. The van der Waals surface area contributed by atoms with E-state index < -0.39 is 11.6 Å². The smallest absolute Gasteiger partial charge is 0.171 e. The molecule has 0 bridgehead atoms. The van der Waals surface area contributed by atoms with Crippen molar-refractivity contribution in [2.75, 3.05) is 5.32 Å². The highest BCUT2D eigenvalue weighted by molar-refractivity contribution is 7.80. The fourth-order valence-electron chi connectivity index (χ4n) is 2.20. The van der Waals surface area contributed by atoms with Crippen LogP contribution >= 0.6 is 12.2 Å². The maximum atomic E-state index is 13.6. The van der Waals surface area contributed by atoms with E-state index in [1.807, 2.05) is 19.1 Å². The maximum absolute atomic E-state index is 13.6. The lowest BCUT2D eigenvalue weighted by molar-refractivity contribution is 0.586. The molecule has 2 rings (SSSR count). The molecule has 5 heteroatoms. The van der Waals surface area contributed by atoms with Crippen molar-refractivity contribution in [2.45, 2.75) is 32.7 Å². The lowest BCUT2D eigenvalue weighted by Gasteiger charge is -2.18. The van der Waals surface area contributed by atoms with Gasteiger partial charge >= 0.3 is 0 Å². The summed E-state index contributed by atoms with van der Waals surface area (Å²) in [5.74, 6) is -0.815. The number of hydrogen-bond acceptors (Lipinski definition) is 1. The van der Waals surface area contributed by atoms with Crippen molar-refractivity contribution in [1.82, 2.24) is 5.32 Å². The minimum atomic E-state index is -0.678. The van der Waals surface area contributed by atoms with Crippen molar-refractivity contribution in [1.29, 1.82) is 0 Å². The van der Waals surface area contributed by atoms with Crippen LogP contribution in [0.4, 0.5) is 14.5 Å². The molecular formula is C18H20F2N2S. The summed E-state index contributed by atoms with van der Waals surface area (Å²) in [5.41, 5.74) is 2.50. The highest BCUT2D eigenvalue weighted by Gasteiger charge is 2.10. The third kappa shape index (κ3) is 4.73. The second kappa shape index (κ2) is 7.51. The van der Waals surface area contributed by atoms with Crippen molar-refractivity contribution in [3.05, 3.63) is 65.2 Å². The molecule has 0 amide bonds. The van der Waals surface area contributed by atoms with Crippen LogP contribution in [0, 0.1) is 11.6 Å². The highest BCUT2D eigenvalue weighted by Crippen LogP contribution is 2.19. The molecule has 2 nitrogen and oxygen atoms in total. The number of thiocarbonyl (C=S) groups is 1. The molecule has 122 valence electrons. The Morgan fingerprint density at radius 1 is 0.957 bits per heavy atom. The number of benzene rings is 2. The van der Waals surface area contributed by atoms with E-state index in [1.165, 1.54) is 17.7 Å². The molecule has 0 radical (unpaired) electrons. The Labute approximate surface area is 140 Å². The molecular weight excluding hydrogens is 314 g/mol. The summed E-state index contributed by atoms with van der Waals surface area (Å²) in [6, 6.07) is 11.6. The van der Waals surface area contributed by atoms with Gasteiger partial charge in [-0.2, -0.15) is 0 Å². The Hall–Kier alpha value is -2.01. The predicted molar refractivity (Wildman–Crippen MR) is 94.7 cm³/mol. The van der Waals surface area contributed by atoms with Gasteiger partial charge in [-0.25, -0.2) is 8.78 Å². The molecule has 1 unspecified atom stereocenters. The van der Waals surface area contributed by atoms with Crippen molar-refractivity contribution in [3.8, 4) is 0 Å². The van der Waals surface area contributed by atoms with E-state index in [1.54, 1.807) is 0 Å². The third-order valence-corrected chi connectivity index (χ3v) is 3.85. The molecule has 0 heterocycles. The quantitative estimate of drug-likeness (QED) is 0.758. The van der Waals surface area contributed by atoms with E-state index in [9.17, 15) is 8.78 Å². The zero-order chi connectivity index (χ0) is 17.0. The first-order valence-corrected chi connectivity index (χ1v) is 7.90. The molecule has 0 aliphatic carbocycles. The van der Waals surface area contributed by atoms with Gasteiger partial charge < -0.3 is 10.6 Å². The number of rotatable bonds is 4. The van der Waals surface area contributed by atoms with Gasteiger partial charge in [-0.1, -0.05) is 38.1 Å². The summed E-state index contributed by atoms with van der Waals surface area (Å²) < 4.78 is 26.5. The summed E-state index contributed by atoms with van der Waals surface area (Å²) in [5, 5.41) is 6.13. The van der Waals surface area contributed by atoms with Crippen LogP contribution in [0.3, 0.4) is 0 Å². The number of halogens is 2. The SMILES string of the molecule is CC(C)c1ccc(C(C)NC(=S)Nc2ccc(F)cc2F)cc1. The van der Waals surface area contributed by atoms with Crippen LogP contribution in [0.2, 0.25) is 0 Å². The van der Waals surface area contributed by atoms with Gasteiger partial charge in [0.1, 0.15) is 11.6 Å². The van der Waals surface area contributed by atoms with Gasteiger partial charge in [0.15, 0.2) is 5.11 Å². The Morgan fingerprint density at radius 3 is 2.13 bits per heavy atom. The Balaban J connectivity index is 1.99. The lowest BCUT2D eigenvalue weighted by Crippen LogP contribution is -2.31. The standard InChI is InChI=1S/C18H20F2N2S/c1-11(2)13-4-6-14(7-5-13)12(3)21-18(23)22-17-9-8-15(19)10-16(17)20/h4-12H,1-3H3,(H2,21,22,23). The Kier molecular flexibility index (Phi) is 5.66. The van der Waals surface area contributed by atoms with Crippen LogP contribution in [0.5, 0.6) is 0 Å². The Morgan fingerprint density at radius 2 is 1.57 bits per heavy atom. The van der Waals surface area contributed by atoms with Crippen molar-refractivity contribution in [2.24, 2.45) is 0 Å². The van der Waals surface area contributed by atoms with Crippen LogP contribution in [0.1, 0.15) is 43.9 Å². The van der Waals surface area contributed by atoms with Gasteiger partial charge in [-0.05, 0) is 48.3 Å². The summed E-state index contributed by atoms with van der Waals surface area (Å²) >= 11 is 5.19. The maximum Gasteiger partial charge on any atom is 0.171 e. The number of anilines is 1. The fraction of sp³-hybridized carbons (Fsp3) is 0.278. The van der Waals surface area contributed by atoms with Crippen molar-refractivity contribution >= 4 is 23.0 Å². The van der Waals surface area contributed by atoms with Gasteiger partial charge in [0.2, 0.25) is 0 Å². The molecule has 2 aromatic carbocycles. The van der Waals surface area contributed by atoms with Crippen LogP contribution in [0.25, 0.3) is 0 Å². The lowest BCUT2D eigenvalue weighted by atomic mass is 10.00. The average molecular weight is 334 g/mol. The molecule has 2 aromatic rings. The van der Waals surface area contributed by atoms with Gasteiger partial charge in [-0.15, -0.1) is 0 Å². The molecule has 0 aromatic heterocycles. The number of nitrogens with one attached hydrogen (secondary N) is 2. The topological polar surface area (TPSA) is 24.1 Å². The molecule has 0 aliphatic rings. The summed E-state index contributed by atoms with van der Waals surface area (Å²) in [6.45, 7) is 6.26. The second-order valence-corrected chi connectivity index (χ2v) is 6.17. The summed E-state index contributed by atoms with van der Waals surface area (Å²) in [4.78, 5) is 0. The summed E-state index contributed by atoms with van der Waals surface area (Å²) in [6.07, 6.45) is 0. The molecule has 2 N–H and O–H groups in total. The van der Waals surface area contributed by atoms with Crippen LogP contribution in [-0.2, 0) is 0 Å².